The first-order valence-electron chi connectivity index (χ1n) is 10.9. The molecular formula is C25H26N2O5S. The third kappa shape index (κ3) is 5.97. The number of aromatic nitrogens is 1. The largest absolute Gasteiger partial charge is 0.487 e. The Morgan fingerprint density at radius 2 is 1.70 bits per heavy atom. The van der Waals surface area contributed by atoms with Gasteiger partial charge in [-0.3, -0.25) is 4.98 Å². The molecule has 0 saturated carbocycles. The highest BCUT2D eigenvalue weighted by Crippen LogP contribution is 2.22. The van der Waals surface area contributed by atoms with Crippen molar-refractivity contribution in [3.05, 3.63) is 89.7 Å². The minimum absolute atomic E-state index is 0.0719. The van der Waals surface area contributed by atoms with Gasteiger partial charge < -0.3 is 9.47 Å². The van der Waals surface area contributed by atoms with Gasteiger partial charge in [-0.1, -0.05) is 30.7 Å². The van der Waals surface area contributed by atoms with E-state index in [2.05, 4.69) is 4.98 Å². The van der Waals surface area contributed by atoms with Gasteiger partial charge in [0.1, 0.15) is 19.0 Å². The molecule has 8 heteroatoms. The summed E-state index contributed by atoms with van der Waals surface area (Å²) in [7, 11) is -3.61. The number of hydrogen-bond donors (Lipinski definition) is 0. The summed E-state index contributed by atoms with van der Waals surface area (Å²) in [5, 5.41) is 0. The van der Waals surface area contributed by atoms with Crippen molar-refractivity contribution in [3.63, 3.8) is 0 Å². The number of esters is 1. The van der Waals surface area contributed by atoms with Crippen LogP contribution in [-0.4, -0.2) is 36.8 Å². The molecule has 0 atom stereocenters. The average molecular weight is 467 g/mol. The van der Waals surface area contributed by atoms with Gasteiger partial charge in [0.2, 0.25) is 10.0 Å². The summed E-state index contributed by atoms with van der Waals surface area (Å²) in [6.45, 7) is 1.46. The Hall–Kier alpha value is -3.23. The molecule has 1 fully saturated rings. The topological polar surface area (TPSA) is 85.8 Å². The molecule has 1 saturated heterocycles. The molecular weight excluding hydrogens is 440 g/mol. The molecule has 4 rings (SSSR count). The molecule has 33 heavy (non-hydrogen) atoms. The van der Waals surface area contributed by atoms with Crippen LogP contribution in [0.5, 0.6) is 5.75 Å². The Morgan fingerprint density at radius 3 is 2.42 bits per heavy atom. The Kier molecular flexibility index (Phi) is 7.36. The Balaban J connectivity index is 1.33. The molecule has 0 N–H and O–H groups in total. The number of ether oxygens (including phenoxy) is 2. The first kappa shape index (κ1) is 22.9. The van der Waals surface area contributed by atoms with Gasteiger partial charge in [0.15, 0.2) is 0 Å². The van der Waals surface area contributed by atoms with E-state index < -0.39 is 16.0 Å². The van der Waals surface area contributed by atoms with E-state index in [1.165, 1.54) is 16.4 Å². The van der Waals surface area contributed by atoms with Crippen LogP contribution in [0.4, 0.5) is 0 Å². The maximum Gasteiger partial charge on any atom is 0.338 e. The summed E-state index contributed by atoms with van der Waals surface area (Å²) in [5.74, 6) is 0.118. The molecule has 1 aromatic heterocycles. The first-order valence-corrected chi connectivity index (χ1v) is 12.4. The van der Waals surface area contributed by atoms with Crippen LogP contribution in [0.3, 0.4) is 0 Å². The van der Waals surface area contributed by atoms with Gasteiger partial charge in [0.25, 0.3) is 0 Å². The van der Waals surface area contributed by atoms with Crippen LogP contribution in [-0.2, 0) is 28.0 Å². The number of carbonyl (C=O) groups is 1. The summed E-state index contributed by atoms with van der Waals surface area (Å²) >= 11 is 0. The highest BCUT2D eigenvalue weighted by atomic mass is 32.2. The maximum absolute atomic E-state index is 12.9. The van der Waals surface area contributed by atoms with Crippen LogP contribution in [0.15, 0.2) is 77.8 Å². The van der Waals surface area contributed by atoms with E-state index >= 15 is 0 Å². The normalized spacial score (nSPS) is 14.5. The van der Waals surface area contributed by atoms with Crippen LogP contribution >= 0.6 is 0 Å². The molecule has 0 spiro atoms. The quantitative estimate of drug-likeness (QED) is 0.463. The third-order valence-corrected chi connectivity index (χ3v) is 7.32. The van der Waals surface area contributed by atoms with Crippen molar-refractivity contribution < 1.29 is 22.7 Å². The zero-order valence-corrected chi connectivity index (χ0v) is 19.0. The van der Waals surface area contributed by atoms with Crippen molar-refractivity contribution in [2.45, 2.75) is 37.4 Å². The van der Waals surface area contributed by atoms with E-state index in [1.54, 1.807) is 30.5 Å². The number of rotatable bonds is 8. The fourth-order valence-electron chi connectivity index (χ4n) is 3.59. The molecule has 2 aromatic carbocycles. The van der Waals surface area contributed by atoms with E-state index in [0.717, 1.165) is 30.5 Å². The predicted molar refractivity (Wildman–Crippen MR) is 123 cm³/mol. The van der Waals surface area contributed by atoms with Crippen LogP contribution in [0.2, 0.25) is 0 Å². The molecule has 0 amide bonds. The second-order valence-corrected chi connectivity index (χ2v) is 9.76. The first-order chi connectivity index (χ1) is 16.0. The number of benzene rings is 2. The second-order valence-electron chi connectivity index (χ2n) is 7.82. The SMILES string of the molecule is O=C(OCc1ccc(OCc2ccccn2)cc1)c1cccc(S(=O)(=O)N2CCCCC2)c1. The van der Waals surface area contributed by atoms with E-state index in [0.29, 0.717) is 25.4 Å². The molecule has 0 aliphatic carbocycles. The lowest BCUT2D eigenvalue weighted by molar-refractivity contribution is 0.0472. The number of nitrogens with zero attached hydrogens (tertiary/aromatic N) is 2. The van der Waals surface area contributed by atoms with E-state index in [4.69, 9.17) is 9.47 Å². The van der Waals surface area contributed by atoms with Crippen molar-refractivity contribution in [2.24, 2.45) is 0 Å². The molecule has 1 aliphatic rings. The molecule has 1 aliphatic heterocycles. The van der Waals surface area contributed by atoms with Crippen LogP contribution in [0.1, 0.15) is 40.9 Å². The minimum Gasteiger partial charge on any atom is -0.487 e. The number of piperidine rings is 1. The van der Waals surface area contributed by atoms with Crippen LogP contribution in [0, 0.1) is 0 Å². The van der Waals surface area contributed by atoms with Gasteiger partial charge in [-0.15, -0.1) is 0 Å². The van der Waals surface area contributed by atoms with Crippen molar-refractivity contribution in [2.75, 3.05) is 13.1 Å². The van der Waals surface area contributed by atoms with Crippen molar-refractivity contribution in [1.82, 2.24) is 9.29 Å². The molecule has 2 heterocycles. The minimum atomic E-state index is -3.61. The zero-order valence-electron chi connectivity index (χ0n) is 18.2. The summed E-state index contributed by atoms with van der Waals surface area (Å²) in [4.78, 5) is 16.9. The monoisotopic (exact) mass is 466 g/mol. The summed E-state index contributed by atoms with van der Waals surface area (Å²) in [5.41, 5.74) is 1.84. The highest BCUT2D eigenvalue weighted by molar-refractivity contribution is 7.89. The fourth-order valence-corrected chi connectivity index (χ4v) is 5.16. The van der Waals surface area contributed by atoms with E-state index in [9.17, 15) is 13.2 Å². The number of sulfonamides is 1. The van der Waals surface area contributed by atoms with Gasteiger partial charge in [-0.2, -0.15) is 4.31 Å². The van der Waals surface area contributed by atoms with Crippen molar-refractivity contribution in [3.8, 4) is 5.75 Å². The number of hydrogen-bond acceptors (Lipinski definition) is 6. The van der Waals surface area contributed by atoms with Gasteiger partial charge >= 0.3 is 5.97 Å². The maximum atomic E-state index is 12.9. The van der Waals surface area contributed by atoms with Crippen LogP contribution < -0.4 is 4.74 Å². The standard InChI is InChI=1S/C25H26N2O5S/c28-25(21-7-6-9-24(17-21)33(29,30)27-15-4-1-5-16-27)32-18-20-10-12-23(13-11-20)31-19-22-8-2-3-14-26-22/h2-3,6-14,17H,1,4-5,15-16,18-19H2. The average Bonchev–Trinajstić information content (AvgIpc) is 2.88. The van der Waals surface area contributed by atoms with Gasteiger partial charge in [0.05, 0.1) is 16.2 Å². The lowest BCUT2D eigenvalue weighted by Crippen LogP contribution is -2.35. The molecule has 0 unspecified atom stereocenters. The predicted octanol–water partition coefficient (Wildman–Crippen LogP) is 4.19. The fraction of sp³-hybridized carbons (Fsp3) is 0.280. The lowest BCUT2D eigenvalue weighted by atomic mass is 10.2. The lowest BCUT2D eigenvalue weighted by Gasteiger charge is -2.25. The van der Waals surface area contributed by atoms with Crippen molar-refractivity contribution in [1.29, 1.82) is 0 Å². The molecule has 7 nitrogen and oxygen atoms in total. The summed E-state index contributed by atoms with van der Waals surface area (Å²) in [6.07, 6.45) is 4.46. The van der Waals surface area contributed by atoms with Gasteiger partial charge in [-0.25, -0.2) is 13.2 Å². The molecule has 0 bridgehead atoms. The van der Waals surface area contributed by atoms with E-state index in [-0.39, 0.29) is 17.1 Å². The van der Waals surface area contributed by atoms with Crippen molar-refractivity contribution >= 4 is 16.0 Å². The van der Waals surface area contributed by atoms with Gasteiger partial charge in [-0.05, 0) is 60.9 Å². The number of carbonyl (C=O) groups excluding carboxylic acids is 1. The van der Waals surface area contributed by atoms with E-state index in [1.807, 2.05) is 30.3 Å². The molecule has 0 radical (unpaired) electrons. The Labute approximate surface area is 194 Å². The highest BCUT2D eigenvalue weighted by Gasteiger charge is 2.26. The smallest absolute Gasteiger partial charge is 0.338 e. The third-order valence-electron chi connectivity index (χ3n) is 5.43. The Bertz CT molecular complexity index is 1170. The summed E-state index contributed by atoms with van der Waals surface area (Å²) in [6, 6.07) is 18.9. The number of pyridine rings is 1. The molecule has 172 valence electrons. The summed E-state index contributed by atoms with van der Waals surface area (Å²) < 4.78 is 38.3. The zero-order chi connectivity index (χ0) is 23.1. The second kappa shape index (κ2) is 10.6. The van der Waals surface area contributed by atoms with Crippen LogP contribution in [0.25, 0.3) is 0 Å². The Morgan fingerprint density at radius 1 is 0.909 bits per heavy atom. The van der Waals surface area contributed by atoms with Gasteiger partial charge in [0, 0.05) is 19.3 Å². The molecule has 3 aromatic rings.